The first kappa shape index (κ1) is 14.8. The third kappa shape index (κ3) is 4.19. The topological polar surface area (TPSA) is 74.5 Å². The van der Waals surface area contributed by atoms with Crippen LogP contribution in [0.1, 0.15) is 24.4 Å². The molecular formula is C14H18N2O3S. The maximum absolute atomic E-state index is 11.8. The largest absolute Gasteiger partial charge is 0.467 e. The van der Waals surface area contributed by atoms with Crippen molar-refractivity contribution in [3.05, 3.63) is 46.5 Å². The second-order valence-electron chi connectivity index (χ2n) is 4.50. The Hall–Kier alpha value is -1.63. The van der Waals surface area contributed by atoms with Crippen LogP contribution in [0.15, 0.2) is 39.6 Å². The fourth-order valence-corrected chi connectivity index (χ4v) is 2.41. The minimum absolute atomic E-state index is 0.126. The number of carbonyl (C=O) groups is 1. The number of carbonyl (C=O) groups excluding carboxylic acids is 1. The molecule has 0 aliphatic heterocycles. The molecule has 5 nitrogen and oxygen atoms in total. The van der Waals surface area contributed by atoms with Crippen molar-refractivity contribution in [3.63, 3.8) is 0 Å². The number of nitrogens with one attached hydrogen (secondary N) is 2. The van der Waals surface area contributed by atoms with E-state index in [1.54, 1.807) is 25.3 Å². The van der Waals surface area contributed by atoms with Crippen molar-refractivity contribution in [2.45, 2.75) is 25.6 Å². The van der Waals surface area contributed by atoms with Gasteiger partial charge in [0.25, 0.3) is 0 Å². The Bertz CT molecular complexity index is 511. The highest BCUT2D eigenvalue weighted by Crippen LogP contribution is 2.15. The van der Waals surface area contributed by atoms with Crippen LogP contribution in [0.3, 0.4) is 0 Å². The SMILES string of the molecule is CC(NCC(O)c1ccsc1)C(=O)NCc1ccco1. The molecule has 2 rings (SSSR count). The van der Waals surface area contributed by atoms with Gasteiger partial charge in [0, 0.05) is 6.54 Å². The first-order valence-corrected chi connectivity index (χ1v) is 7.34. The van der Waals surface area contributed by atoms with Gasteiger partial charge in [-0.25, -0.2) is 0 Å². The molecule has 0 bridgehead atoms. The van der Waals surface area contributed by atoms with Crippen LogP contribution >= 0.6 is 11.3 Å². The maximum Gasteiger partial charge on any atom is 0.237 e. The summed E-state index contributed by atoms with van der Waals surface area (Å²) in [5.74, 6) is 0.586. The summed E-state index contributed by atoms with van der Waals surface area (Å²) in [5.41, 5.74) is 0.866. The van der Waals surface area contributed by atoms with Crippen molar-refractivity contribution in [2.75, 3.05) is 6.54 Å². The van der Waals surface area contributed by atoms with Gasteiger partial charge < -0.3 is 20.2 Å². The molecule has 2 atom stereocenters. The first-order valence-electron chi connectivity index (χ1n) is 6.40. The lowest BCUT2D eigenvalue weighted by Gasteiger charge is -2.16. The number of hydrogen-bond acceptors (Lipinski definition) is 5. The molecule has 0 fully saturated rings. The summed E-state index contributed by atoms with van der Waals surface area (Å²) in [5, 5.41) is 19.5. The van der Waals surface area contributed by atoms with E-state index in [0.717, 1.165) is 5.56 Å². The monoisotopic (exact) mass is 294 g/mol. The van der Waals surface area contributed by atoms with Crippen LogP contribution < -0.4 is 10.6 Å². The van der Waals surface area contributed by atoms with E-state index in [4.69, 9.17) is 4.42 Å². The zero-order valence-electron chi connectivity index (χ0n) is 11.2. The van der Waals surface area contributed by atoms with Crippen molar-refractivity contribution >= 4 is 17.2 Å². The smallest absolute Gasteiger partial charge is 0.237 e. The Morgan fingerprint density at radius 1 is 1.50 bits per heavy atom. The van der Waals surface area contributed by atoms with E-state index in [0.29, 0.717) is 18.8 Å². The molecule has 0 saturated carbocycles. The van der Waals surface area contributed by atoms with E-state index in [1.807, 2.05) is 16.8 Å². The van der Waals surface area contributed by atoms with Gasteiger partial charge in [-0.05, 0) is 41.4 Å². The average molecular weight is 294 g/mol. The van der Waals surface area contributed by atoms with Gasteiger partial charge in [-0.3, -0.25) is 4.79 Å². The second-order valence-corrected chi connectivity index (χ2v) is 5.28. The van der Waals surface area contributed by atoms with Crippen molar-refractivity contribution in [1.82, 2.24) is 10.6 Å². The summed E-state index contributed by atoms with van der Waals surface area (Å²) in [4.78, 5) is 11.8. The van der Waals surface area contributed by atoms with Crippen LogP contribution in [0.25, 0.3) is 0 Å². The van der Waals surface area contributed by atoms with Gasteiger partial charge >= 0.3 is 0 Å². The van der Waals surface area contributed by atoms with Crippen LogP contribution in [0, 0.1) is 0 Å². The molecule has 0 radical (unpaired) electrons. The number of furan rings is 1. The highest BCUT2D eigenvalue weighted by atomic mass is 32.1. The molecule has 3 N–H and O–H groups in total. The molecule has 20 heavy (non-hydrogen) atoms. The molecule has 0 aromatic carbocycles. The normalized spacial score (nSPS) is 13.9. The Labute approximate surface area is 121 Å². The van der Waals surface area contributed by atoms with E-state index < -0.39 is 6.10 Å². The Morgan fingerprint density at radius 2 is 2.35 bits per heavy atom. The summed E-state index contributed by atoms with van der Waals surface area (Å²) < 4.78 is 5.14. The Kier molecular flexibility index (Phi) is 5.34. The summed E-state index contributed by atoms with van der Waals surface area (Å²) in [6, 6.07) is 5.08. The molecule has 1 amide bonds. The Balaban J connectivity index is 1.71. The third-order valence-electron chi connectivity index (χ3n) is 2.96. The molecular weight excluding hydrogens is 276 g/mol. The first-order chi connectivity index (χ1) is 9.66. The van der Waals surface area contributed by atoms with Gasteiger partial charge in [-0.2, -0.15) is 11.3 Å². The fraction of sp³-hybridized carbons (Fsp3) is 0.357. The molecule has 2 heterocycles. The highest BCUT2D eigenvalue weighted by Gasteiger charge is 2.15. The van der Waals surface area contributed by atoms with Gasteiger partial charge in [-0.15, -0.1) is 0 Å². The molecule has 2 unspecified atom stereocenters. The number of aliphatic hydroxyl groups is 1. The number of rotatable bonds is 7. The summed E-state index contributed by atoms with van der Waals surface area (Å²) in [7, 11) is 0. The molecule has 2 aromatic rings. The lowest BCUT2D eigenvalue weighted by Crippen LogP contribution is -2.43. The lowest BCUT2D eigenvalue weighted by atomic mass is 10.2. The van der Waals surface area contributed by atoms with Gasteiger partial charge in [-0.1, -0.05) is 0 Å². The molecule has 0 spiro atoms. The fourth-order valence-electron chi connectivity index (χ4n) is 1.70. The number of amides is 1. The zero-order chi connectivity index (χ0) is 14.4. The third-order valence-corrected chi connectivity index (χ3v) is 3.66. The average Bonchev–Trinajstić information content (AvgIpc) is 3.13. The van der Waals surface area contributed by atoms with Crippen molar-refractivity contribution in [3.8, 4) is 0 Å². The number of hydrogen-bond donors (Lipinski definition) is 3. The second kappa shape index (κ2) is 7.23. The van der Waals surface area contributed by atoms with Crippen molar-refractivity contribution < 1.29 is 14.3 Å². The minimum atomic E-state index is -0.596. The van der Waals surface area contributed by atoms with E-state index in [2.05, 4.69) is 10.6 Å². The van der Waals surface area contributed by atoms with Gasteiger partial charge in [0.1, 0.15) is 5.76 Å². The van der Waals surface area contributed by atoms with Gasteiger partial charge in [0.15, 0.2) is 0 Å². The van der Waals surface area contributed by atoms with E-state index in [1.165, 1.54) is 11.3 Å². The van der Waals surface area contributed by atoms with E-state index >= 15 is 0 Å². The number of aliphatic hydroxyl groups excluding tert-OH is 1. The van der Waals surface area contributed by atoms with Crippen molar-refractivity contribution in [2.24, 2.45) is 0 Å². The van der Waals surface area contributed by atoms with Crippen LogP contribution in [0.4, 0.5) is 0 Å². The van der Waals surface area contributed by atoms with Crippen LogP contribution in [-0.4, -0.2) is 23.6 Å². The van der Waals surface area contributed by atoms with E-state index in [-0.39, 0.29) is 11.9 Å². The van der Waals surface area contributed by atoms with Gasteiger partial charge in [0.05, 0.1) is 25.0 Å². The van der Waals surface area contributed by atoms with Gasteiger partial charge in [0.2, 0.25) is 5.91 Å². The number of thiophene rings is 1. The minimum Gasteiger partial charge on any atom is -0.467 e. The summed E-state index contributed by atoms with van der Waals surface area (Å²) in [6.07, 6.45) is 0.974. The van der Waals surface area contributed by atoms with Crippen LogP contribution in [0.5, 0.6) is 0 Å². The highest BCUT2D eigenvalue weighted by molar-refractivity contribution is 7.07. The Morgan fingerprint density at radius 3 is 3.00 bits per heavy atom. The molecule has 108 valence electrons. The quantitative estimate of drug-likeness (QED) is 0.726. The predicted molar refractivity (Wildman–Crippen MR) is 77.3 cm³/mol. The summed E-state index contributed by atoms with van der Waals surface area (Å²) >= 11 is 1.54. The van der Waals surface area contributed by atoms with E-state index in [9.17, 15) is 9.90 Å². The summed E-state index contributed by atoms with van der Waals surface area (Å²) in [6.45, 7) is 2.47. The molecule has 0 saturated heterocycles. The molecule has 0 aliphatic rings. The maximum atomic E-state index is 11.8. The predicted octanol–water partition coefficient (Wildman–Crippen LogP) is 1.67. The van der Waals surface area contributed by atoms with Crippen LogP contribution in [0.2, 0.25) is 0 Å². The zero-order valence-corrected chi connectivity index (χ0v) is 12.0. The van der Waals surface area contributed by atoms with Crippen molar-refractivity contribution in [1.29, 1.82) is 0 Å². The molecule has 6 heteroatoms. The van der Waals surface area contributed by atoms with Crippen LogP contribution in [-0.2, 0) is 11.3 Å². The molecule has 2 aromatic heterocycles. The lowest BCUT2D eigenvalue weighted by molar-refractivity contribution is -0.123. The standard InChI is InChI=1S/C14H18N2O3S/c1-10(14(18)16-7-12-3-2-5-19-12)15-8-13(17)11-4-6-20-9-11/h2-6,9-10,13,15,17H,7-8H2,1H3,(H,16,18). The molecule has 0 aliphatic carbocycles.